The van der Waals surface area contributed by atoms with Crippen LogP contribution in [0.4, 0.5) is 13.2 Å². The molecule has 0 radical (unpaired) electrons. The maximum Gasteiger partial charge on any atom is 0.418 e. The molecule has 1 aromatic heterocycles. The van der Waals surface area contributed by atoms with E-state index in [-0.39, 0.29) is 17.3 Å². The maximum absolute atomic E-state index is 12.7. The third kappa shape index (κ3) is 2.40. The zero-order chi connectivity index (χ0) is 12.6. The molecule has 92 valence electrons. The lowest BCUT2D eigenvalue weighted by molar-refractivity contribution is -0.138. The van der Waals surface area contributed by atoms with Gasteiger partial charge in [-0.15, -0.1) is 0 Å². The number of pyridine rings is 1. The molecule has 3 nitrogen and oxygen atoms in total. The van der Waals surface area contributed by atoms with Crippen LogP contribution in [0.15, 0.2) is 12.1 Å². The lowest BCUT2D eigenvalue weighted by Gasteiger charge is -2.12. The molecule has 0 aromatic carbocycles. The van der Waals surface area contributed by atoms with Gasteiger partial charge in [0.25, 0.3) is 0 Å². The molecule has 1 aliphatic carbocycles. The maximum atomic E-state index is 12.7. The minimum atomic E-state index is -4.43. The first-order valence-corrected chi connectivity index (χ1v) is 5.10. The Morgan fingerprint density at radius 3 is 2.53 bits per heavy atom. The zero-order valence-corrected chi connectivity index (χ0v) is 9.04. The van der Waals surface area contributed by atoms with Gasteiger partial charge in [-0.3, -0.25) is 0 Å². The number of rotatable bonds is 2. The average molecular weight is 245 g/mol. The van der Waals surface area contributed by atoms with E-state index in [1.165, 1.54) is 7.11 Å². The van der Waals surface area contributed by atoms with Gasteiger partial charge in [-0.25, -0.2) is 9.78 Å². The number of alkyl halides is 3. The molecule has 1 saturated carbocycles. The lowest BCUT2D eigenvalue weighted by Crippen LogP contribution is -2.13. The van der Waals surface area contributed by atoms with E-state index in [2.05, 4.69) is 9.72 Å². The average Bonchev–Trinajstić information content (AvgIpc) is 3.09. The highest BCUT2D eigenvalue weighted by atomic mass is 19.4. The molecule has 0 N–H and O–H groups in total. The van der Waals surface area contributed by atoms with Gasteiger partial charge in [0, 0.05) is 5.92 Å². The third-order valence-corrected chi connectivity index (χ3v) is 2.59. The van der Waals surface area contributed by atoms with Gasteiger partial charge in [0.1, 0.15) is 5.69 Å². The van der Waals surface area contributed by atoms with Crippen molar-refractivity contribution in [3.63, 3.8) is 0 Å². The number of carbonyl (C=O) groups is 1. The van der Waals surface area contributed by atoms with E-state index < -0.39 is 17.7 Å². The lowest BCUT2D eigenvalue weighted by atomic mass is 10.1. The Morgan fingerprint density at radius 1 is 1.41 bits per heavy atom. The highest BCUT2D eigenvalue weighted by Gasteiger charge is 2.39. The number of halogens is 3. The second-order valence-electron chi connectivity index (χ2n) is 3.89. The molecule has 2 rings (SSSR count). The van der Waals surface area contributed by atoms with E-state index in [1.54, 1.807) is 0 Å². The molecule has 17 heavy (non-hydrogen) atoms. The van der Waals surface area contributed by atoms with Crippen molar-refractivity contribution in [2.45, 2.75) is 24.9 Å². The van der Waals surface area contributed by atoms with Gasteiger partial charge in [-0.1, -0.05) is 0 Å². The van der Waals surface area contributed by atoms with Crippen molar-refractivity contribution in [2.75, 3.05) is 7.11 Å². The summed E-state index contributed by atoms with van der Waals surface area (Å²) in [4.78, 5) is 15.0. The molecular weight excluding hydrogens is 235 g/mol. The van der Waals surface area contributed by atoms with Crippen molar-refractivity contribution in [3.05, 3.63) is 29.1 Å². The third-order valence-electron chi connectivity index (χ3n) is 2.59. The fourth-order valence-corrected chi connectivity index (χ4v) is 1.60. The molecule has 0 unspecified atom stereocenters. The molecule has 0 amide bonds. The molecule has 0 atom stereocenters. The van der Waals surface area contributed by atoms with Crippen LogP contribution >= 0.6 is 0 Å². The summed E-state index contributed by atoms with van der Waals surface area (Å²) in [5.74, 6) is -0.906. The molecule has 1 aliphatic rings. The molecule has 1 heterocycles. The first kappa shape index (κ1) is 11.9. The molecule has 0 spiro atoms. The Bertz CT molecular complexity index is 453. The van der Waals surface area contributed by atoms with Crippen LogP contribution in [0.5, 0.6) is 0 Å². The van der Waals surface area contributed by atoms with Crippen molar-refractivity contribution in [1.29, 1.82) is 0 Å². The van der Waals surface area contributed by atoms with Crippen LogP contribution in [0, 0.1) is 0 Å². The fourth-order valence-electron chi connectivity index (χ4n) is 1.60. The van der Waals surface area contributed by atoms with Gasteiger partial charge in [-0.05, 0) is 25.0 Å². The number of nitrogens with zero attached hydrogens (tertiary/aromatic N) is 1. The highest BCUT2D eigenvalue weighted by Crippen LogP contribution is 2.44. The SMILES string of the molecule is COC(=O)c1ccc(C(F)(F)F)c(C2CC2)n1. The van der Waals surface area contributed by atoms with Crippen molar-refractivity contribution >= 4 is 5.97 Å². The van der Waals surface area contributed by atoms with Crippen LogP contribution in [0.1, 0.15) is 40.5 Å². The minimum Gasteiger partial charge on any atom is -0.464 e. The van der Waals surface area contributed by atoms with Gasteiger partial charge in [0.05, 0.1) is 18.4 Å². The number of aromatic nitrogens is 1. The van der Waals surface area contributed by atoms with Gasteiger partial charge in [0.15, 0.2) is 0 Å². The summed E-state index contributed by atoms with van der Waals surface area (Å²) in [5.41, 5.74) is -0.879. The molecule has 6 heteroatoms. The van der Waals surface area contributed by atoms with Crippen molar-refractivity contribution in [3.8, 4) is 0 Å². The van der Waals surface area contributed by atoms with Crippen LogP contribution in [0.2, 0.25) is 0 Å². The Labute approximate surface area is 95.6 Å². The smallest absolute Gasteiger partial charge is 0.418 e. The van der Waals surface area contributed by atoms with E-state index in [1.807, 2.05) is 0 Å². The zero-order valence-electron chi connectivity index (χ0n) is 9.04. The number of esters is 1. The molecular formula is C11H10F3NO2. The minimum absolute atomic E-state index is 0.0413. The van der Waals surface area contributed by atoms with E-state index in [4.69, 9.17) is 0 Å². The highest BCUT2D eigenvalue weighted by molar-refractivity contribution is 5.87. The summed E-state index contributed by atoms with van der Waals surface area (Å²) >= 11 is 0. The van der Waals surface area contributed by atoms with E-state index in [0.29, 0.717) is 12.8 Å². The predicted octanol–water partition coefficient (Wildman–Crippen LogP) is 2.76. The normalized spacial score (nSPS) is 15.8. The Morgan fingerprint density at radius 2 is 2.06 bits per heavy atom. The summed E-state index contributed by atoms with van der Waals surface area (Å²) in [7, 11) is 1.17. The van der Waals surface area contributed by atoms with Gasteiger partial charge in [0.2, 0.25) is 0 Å². The van der Waals surface area contributed by atoms with Crippen LogP contribution in [-0.4, -0.2) is 18.1 Å². The number of ether oxygens (including phenoxy) is 1. The van der Waals surface area contributed by atoms with Gasteiger partial charge >= 0.3 is 12.1 Å². The topological polar surface area (TPSA) is 39.2 Å². The summed E-state index contributed by atoms with van der Waals surface area (Å²) in [6.07, 6.45) is -3.07. The quantitative estimate of drug-likeness (QED) is 0.752. The summed E-state index contributed by atoms with van der Waals surface area (Å²) in [5, 5.41) is 0. The van der Waals surface area contributed by atoms with Crippen LogP contribution in [-0.2, 0) is 10.9 Å². The van der Waals surface area contributed by atoms with Gasteiger partial charge in [-0.2, -0.15) is 13.2 Å². The van der Waals surface area contributed by atoms with Crippen LogP contribution in [0.3, 0.4) is 0 Å². The molecule has 1 fully saturated rings. The summed E-state index contributed by atoms with van der Waals surface area (Å²) in [6.45, 7) is 0. The molecule has 0 aliphatic heterocycles. The van der Waals surface area contributed by atoms with Crippen molar-refractivity contribution < 1.29 is 22.7 Å². The predicted molar refractivity (Wildman–Crippen MR) is 52.6 cm³/mol. The second-order valence-corrected chi connectivity index (χ2v) is 3.89. The molecule has 0 saturated heterocycles. The van der Waals surface area contributed by atoms with E-state index in [9.17, 15) is 18.0 Å². The Balaban J connectivity index is 2.45. The molecule has 0 bridgehead atoms. The fraction of sp³-hybridized carbons (Fsp3) is 0.455. The number of methoxy groups -OCH3 is 1. The Hall–Kier alpha value is -1.59. The summed E-state index contributed by atoms with van der Waals surface area (Å²) in [6, 6.07) is 1.94. The monoisotopic (exact) mass is 245 g/mol. The van der Waals surface area contributed by atoms with Crippen molar-refractivity contribution in [1.82, 2.24) is 4.98 Å². The van der Waals surface area contributed by atoms with E-state index in [0.717, 1.165) is 12.1 Å². The largest absolute Gasteiger partial charge is 0.464 e. The Kier molecular flexibility index (Phi) is 2.81. The summed E-state index contributed by atoms with van der Waals surface area (Å²) < 4.78 is 42.5. The molecule has 1 aromatic rings. The number of hydrogen-bond acceptors (Lipinski definition) is 3. The van der Waals surface area contributed by atoms with E-state index >= 15 is 0 Å². The van der Waals surface area contributed by atoms with Crippen LogP contribution < -0.4 is 0 Å². The van der Waals surface area contributed by atoms with Gasteiger partial charge < -0.3 is 4.74 Å². The second kappa shape index (κ2) is 4.01. The van der Waals surface area contributed by atoms with Crippen LogP contribution in [0.25, 0.3) is 0 Å². The first-order chi connectivity index (χ1) is 7.93. The standard InChI is InChI=1S/C11H10F3NO2/c1-17-10(16)8-5-4-7(11(12,13)14)9(15-8)6-2-3-6/h4-6H,2-3H2,1H3. The number of hydrogen-bond donors (Lipinski definition) is 0. The first-order valence-electron chi connectivity index (χ1n) is 5.10. The van der Waals surface area contributed by atoms with Crippen molar-refractivity contribution in [2.24, 2.45) is 0 Å². The number of carbonyl (C=O) groups excluding carboxylic acids is 1.